The van der Waals surface area contributed by atoms with Gasteiger partial charge in [0.1, 0.15) is 11.5 Å². The predicted octanol–water partition coefficient (Wildman–Crippen LogP) is 5.34. The number of ether oxygens (including phenoxy) is 2. The summed E-state index contributed by atoms with van der Waals surface area (Å²) < 4.78 is 39.4. The number of rotatable bonds is 7. The number of amides is 1. The number of carbonyl (C=O) groups is 1. The molecule has 3 aromatic rings. The number of carbonyl (C=O) groups excluding carboxylic acids is 1. The molecule has 0 aliphatic rings. The van der Waals surface area contributed by atoms with Gasteiger partial charge in [0.05, 0.1) is 35.5 Å². The number of anilines is 2. The summed E-state index contributed by atoms with van der Waals surface area (Å²) in [6.07, 6.45) is 0. The van der Waals surface area contributed by atoms with Crippen LogP contribution in [0.3, 0.4) is 0 Å². The summed E-state index contributed by atoms with van der Waals surface area (Å²) in [4.78, 5) is 13.0. The lowest BCUT2D eigenvalue weighted by molar-refractivity contribution is 0.102. The van der Waals surface area contributed by atoms with Crippen molar-refractivity contribution in [3.05, 3.63) is 75.8 Å². The number of nitrogens with one attached hydrogen (secondary N) is 2. The molecule has 7 nitrogen and oxygen atoms in total. The lowest BCUT2D eigenvalue weighted by atomic mass is 10.1. The molecule has 0 aliphatic heterocycles. The van der Waals surface area contributed by atoms with Gasteiger partial charge in [0, 0.05) is 17.7 Å². The van der Waals surface area contributed by atoms with Gasteiger partial charge < -0.3 is 14.8 Å². The minimum absolute atomic E-state index is 0.0108. The second-order valence-corrected chi connectivity index (χ2v) is 9.60. The molecule has 0 radical (unpaired) electrons. The van der Waals surface area contributed by atoms with Crippen molar-refractivity contribution in [3.63, 3.8) is 0 Å². The van der Waals surface area contributed by atoms with Crippen LogP contribution in [-0.2, 0) is 10.0 Å². The summed E-state index contributed by atoms with van der Waals surface area (Å²) in [5, 5.41) is 3.05. The van der Waals surface area contributed by atoms with E-state index in [-0.39, 0.29) is 10.5 Å². The van der Waals surface area contributed by atoms with E-state index < -0.39 is 15.9 Å². The fraction of sp³-hybridized carbons (Fsp3) is 0.208. The fourth-order valence-electron chi connectivity index (χ4n) is 3.23. The maximum absolute atomic E-state index is 13.1. The highest BCUT2D eigenvalue weighted by Crippen LogP contribution is 2.36. The van der Waals surface area contributed by atoms with Gasteiger partial charge in [-0.05, 0) is 55.7 Å². The number of hydrogen-bond acceptors (Lipinski definition) is 5. The average molecular weight is 489 g/mol. The molecule has 0 unspecified atom stereocenters. The molecule has 9 heteroatoms. The van der Waals surface area contributed by atoms with Gasteiger partial charge in [0.15, 0.2) is 0 Å². The second-order valence-electron chi connectivity index (χ2n) is 7.55. The maximum Gasteiger partial charge on any atom is 0.262 e. The molecule has 0 heterocycles. The molecule has 3 aromatic carbocycles. The van der Waals surface area contributed by atoms with Crippen LogP contribution in [0.5, 0.6) is 11.5 Å². The number of methoxy groups -OCH3 is 2. The molecule has 0 saturated heterocycles. The van der Waals surface area contributed by atoms with Crippen molar-refractivity contribution in [2.45, 2.75) is 25.7 Å². The average Bonchev–Trinajstić information content (AvgIpc) is 2.77. The lowest BCUT2D eigenvalue weighted by Crippen LogP contribution is -2.18. The van der Waals surface area contributed by atoms with Crippen LogP contribution in [0.4, 0.5) is 11.4 Å². The molecular formula is C24H25ClN2O5S. The predicted molar refractivity (Wildman–Crippen MR) is 130 cm³/mol. The van der Waals surface area contributed by atoms with E-state index in [1.165, 1.54) is 32.4 Å². The molecule has 0 bridgehead atoms. The Hall–Kier alpha value is -3.23. The largest absolute Gasteiger partial charge is 0.495 e. The quantitative estimate of drug-likeness (QED) is 0.468. The van der Waals surface area contributed by atoms with E-state index in [9.17, 15) is 13.2 Å². The first-order valence-corrected chi connectivity index (χ1v) is 11.9. The van der Waals surface area contributed by atoms with E-state index in [1.807, 2.05) is 26.0 Å². The van der Waals surface area contributed by atoms with Crippen molar-refractivity contribution in [3.8, 4) is 11.5 Å². The Morgan fingerprint density at radius 3 is 2.18 bits per heavy atom. The van der Waals surface area contributed by atoms with Crippen molar-refractivity contribution in [2.24, 2.45) is 0 Å². The Morgan fingerprint density at radius 1 is 0.848 bits per heavy atom. The summed E-state index contributed by atoms with van der Waals surface area (Å²) in [6.45, 7) is 5.38. The summed E-state index contributed by atoms with van der Waals surface area (Å²) in [6, 6.07) is 13.1. The molecule has 3 rings (SSSR count). The third kappa shape index (κ3) is 5.40. The maximum atomic E-state index is 13.1. The molecule has 2 N–H and O–H groups in total. The second kappa shape index (κ2) is 9.72. The molecule has 0 atom stereocenters. The third-order valence-electron chi connectivity index (χ3n) is 5.10. The monoisotopic (exact) mass is 488 g/mol. The van der Waals surface area contributed by atoms with Gasteiger partial charge >= 0.3 is 0 Å². The van der Waals surface area contributed by atoms with Gasteiger partial charge in [-0.2, -0.15) is 0 Å². The highest BCUT2D eigenvalue weighted by Gasteiger charge is 2.21. The van der Waals surface area contributed by atoms with Crippen LogP contribution in [0.1, 0.15) is 27.0 Å². The van der Waals surface area contributed by atoms with Crippen LogP contribution in [-0.4, -0.2) is 28.5 Å². The van der Waals surface area contributed by atoms with Gasteiger partial charge in [-0.15, -0.1) is 0 Å². The molecule has 0 fully saturated rings. The third-order valence-corrected chi connectivity index (χ3v) is 6.90. The zero-order valence-corrected chi connectivity index (χ0v) is 20.5. The summed E-state index contributed by atoms with van der Waals surface area (Å²) in [7, 11) is -1.03. The first-order chi connectivity index (χ1) is 15.6. The molecular weight excluding hydrogens is 464 g/mol. The van der Waals surface area contributed by atoms with Gasteiger partial charge in [0.25, 0.3) is 15.9 Å². The summed E-state index contributed by atoms with van der Waals surface area (Å²) in [5.41, 5.74) is 3.22. The van der Waals surface area contributed by atoms with Crippen molar-refractivity contribution in [2.75, 3.05) is 24.3 Å². The zero-order valence-electron chi connectivity index (χ0n) is 18.9. The molecule has 0 aromatic heterocycles. The van der Waals surface area contributed by atoms with Crippen LogP contribution >= 0.6 is 11.6 Å². The minimum Gasteiger partial charge on any atom is -0.495 e. The Labute approximate surface area is 198 Å². The Bertz CT molecular complexity index is 1320. The number of hydrogen-bond donors (Lipinski definition) is 2. The Morgan fingerprint density at radius 2 is 1.52 bits per heavy atom. The van der Waals surface area contributed by atoms with E-state index in [4.69, 9.17) is 21.1 Å². The number of aryl methyl sites for hydroxylation is 3. The van der Waals surface area contributed by atoms with E-state index in [1.54, 1.807) is 25.1 Å². The van der Waals surface area contributed by atoms with Crippen molar-refractivity contribution in [1.29, 1.82) is 0 Å². The number of benzene rings is 3. The molecule has 0 aliphatic carbocycles. The van der Waals surface area contributed by atoms with Gasteiger partial charge in [0.2, 0.25) is 0 Å². The normalized spacial score (nSPS) is 11.1. The first-order valence-electron chi connectivity index (χ1n) is 9.99. The topological polar surface area (TPSA) is 93.7 Å². The van der Waals surface area contributed by atoms with E-state index in [2.05, 4.69) is 10.0 Å². The lowest BCUT2D eigenvalue weighted by Gasteiger charge is -2.15. The van der Waals surface area contributed by atoms with Crippen molar-refractivity contribution >= 4 is 38.9 Å². The molecule has 1 amide bonds. The fourth-order valence-corrected chi connectivity index (χ4v) is 4.85. The smallest absolute Gasteiger partial charge is 0.262 e. The van der Waals surface area contributed by atoms with E-state index in [0.29, 0.717) is 33.5 Å². The zero-order chi connectivity index (χ0) is 24.3. The highest BCUT2D eigenvalue weighted by molar-refractivity contribution is 7.92. The molecule has 33 heavy (non-hydrogen) atoms. The number of sulfonamides is 1. The van der Waals surface area contributed by atoms with Crippen LogP contribution in [0.2, 0.25) is 5.02 Å². The first kappa shape index (κ1) is 24.4. The summed E-state index contributed by atoms with van der Waals surface area (Å²) >= 11 is 6.12. The summed E-state index contributed by atoms with van der Waals surface area (Å²) in [5.74, 6) is 0.184. The minimum atomic E-state index is -3.93. The van der Waals surface area contributed by atoms with Crippen molar-refractivity contribution < 1.29 is 22.7 Å². The van der Waals surface area contributed by atoms with Gasteiger partial charge in [-0.25, -0.2) is 8.42 Å². The van der Waals surface area contributed by atoms with E-state index >= 15 is 0 Å². The van der Waals surface area contributed by atoms with Crippen molar-refractivity contribution in [1.82, 2.24) is 0 Å². The van der Waals surface area contributed by atoms with Gasteiger partial charge in [-0.3, -0.25) is 9.52 Å². The van der Waals surface area contributed by atoms with Crippen LogP contribution in [0, 0.1) is 20.8 Å². The Balaban J connectivity index is 1.94. The molecule has 0 spiro atoms. The highest BCUT2D eigenvalue weighted by atomic mass is 35.5. The van der Waals surface area contributed by atoms with Crippen LogP contribution in [0.15, 0.2) is 53.4 Å². The SMILES string of the molecule is COc1cc(NC(=O)c2ccc(C)c(S(=O)(=O)Nc3cc(C)ccc3C)c2)c(OC)cc1Cl. The van der Waals surface area contributed by atoms with E-state index in [0.717, 1.165) is 11.1 Å². The standard InChI is InChI=1S/C24H25ClN2O5S/c1-14-6-7-15(2)19(10-14)27-33(29,30)23-11-17(9-8-16(23)3)24(28)26-20-13-21(31-4)18(25)12-22(20)32-5/h6-13,27H,1-5H3,(H,26,28). The van der Waals surface area contributed by atoms with Gasteiger partial charge in [-0.1, -0.05) is 29.8 Å². The molecule has 0 saturated carbocycles. The number of halogens is 1. The van der Waals surface area contributed by atoms with Crippen LogP contribution in [0.25, 0.3) is 0 Å². The Kier molecular flexibility index (Phi) is 7.19. The van der Waals surface area contributed by atoms with Crippen LogP contribution < -0.4 is 19.5 Å². The molecule has 174 valence electrons.